The smallest absolute Gasteiger partial charge is 0.254 e. The lowest BCUT2D eigenvalue weighted by Gasteiger charge is -2.26. The highest BCUT2D eigenvalue weighted by molar-refractivity contribution is 6.00. The third-order valence-corrected chi connectivity index (χ3v) is 9.88. The molecule has 1 atom stereocenters. The maximum atomic E-state index is 14.0. The van der Waals surface area contributed by atoms with Crippen molar-refractivity contribution < 1.29 is 28.5 Å². The molecule has 1 amide bonds. The summed E-state index contributed by atoms with van der Waals surface area (Å²) < 4.78 is 30.5. The highest BCUT2D eigenvalue weighted by Crippen LogP contribution is 2.36. The fraction of sp³-hybridized carbons (Fsp3) is 0.310. The molecular formula is C42H44N4O7. The van der Waals surface area contributed by atoms with Crippen LogP contribution in [0, 0.1) is 12.8 Å². The Morgan fingerprint density at radius 2 is 1.55 bits per heavy atom. The summed E-state index contributed by atoms with van der Waals surface area (Å²) in [6, 6.07) is 23.0. The Morgan fingerprint density at radius 1 is 0.849 bits per heavy atom. The van der Waals surface area contributed by atoms with Crippen LogP contribution in [0.3, 0.4) is 0 Å². The van der Waals surface area contributed by atoms with Gasteiger partial charge in [0.15, 0.2) is 11.5 Å². The number of amides is 1. The van der Waals surface area contributed by atoms with Crippen LogP contribution in [0.4, 0.5) is 5.82 Å². The number of carbonyl (C=O) groups is 1. The minimum atomic E-state index is -0.770. The van der Waals surface area contributed by atoms with Crippen molar-refractivity contribution in [3.63, 3.8) is 0 Å². The Hall–Kier alpha value is -5.49. The summed E-state index contributed by atoms with van der Waals surface area (Å²) in [5, 5.41) is 0. The van der Waals surface area contributed by atoms with Gasteiger partial charge in [-0.15, -0.1) is 0 Å². The van der Waals surface area contributed by atoms with Gasteiger partial charge in [-0.25, -0.2) is 4.98 Å². The number of anilines is 1. The fourth-order valence-electron chi connectivity index (χ4n) is 6.95. The van der Waals surface area contributed by atoms with Gasteiger partial charge in [-0.05, 0) is 66.1 Å². The van der Waals surface area contributed by atoms with Crippen LogP contribution in [0.25, 0.3) is 44.6 Å². The van der Waals surface area contributed by atoms with Gasteiger partial charge < -0.3 is 39.7 Å². The molecule has 0 saturated carbocycles. The molecule has 0 unspecified atom stereocenters. The Labute approximate surface area is 308 Å². The number of ether oxygens (including phenoxy) is 5. The molecule has 4 N–H and O–H groups in total. The van der Waals surface area contributed by atoms with Crippen LogP contribution in [-0.2, 0) is 20.8 Å². The molecule has 7 rings (SSSR count). The first-order valence-corrected chi connectivity index (χ1v) is 17.9. The van der Waals surface area contributed by atoms with Crippen LogP contribution in [0.5, 0.6) is 11.5 Å². The van der Waals surface area contributed by atoms with Crippen molar-refractivity contribution in [3.05, 3.63) is 107 Å². The molecule has 2 aliphatic rings. The zero-order valence-electron chi connectivity index (χ0n) is 30.0. The zero-order valence-corrected chi connectivity index (χ0v) is 30.0. The molecule has 2 saturated heterocycles. The predicted molar refractivity (Wildman–Crippen MR) is 204 cm³/mol. The maximum absolute atomic E-state index is 14.0. The molecule has 3 aromatic carbocycles. The molecule has 2 aliphatic heterocycles. The number of nitrogens with two attached hydrogens (primary N) is 2. The van der Waals surface area contributed by atoms with E-state index in [1.165, 1.54) is 0 Å². The molecule has 2 aromatic heterocycles. The molecule has 5 aromatic rings. The van der Waals surface area contributed by atoms with Crippen LogP contribution in [0.15, 0.2) is 90.0 Å². The van der Waals surface area contributed by atoms with Crippen molar-refractivity contribution in [2.75, 3.05) is 52.5 Å². The molecule has 0 bridgehead atoms. The highest BCUT2D eigenvalue weighted by Gasteiger charge is 2.25. The fourth-order valence-corrected chi connectivity index (χ4v) is 6.95. The first kappa shape index (κ1) is 35.9. The number of aromatic nitrogens is 2. The van der Waals surface area contributed by atoms with Crippen molar-refractivity contribution in [2.45, 2.75) is 32.4 Å². The molecule has 2 fully saturated rings. The highest BCUT2D eigenvalue weighted by atomic mass is 16.6. The van der Waals surface area contributed by atoms with Crippen LogP contribution >= 0.6 is 0 Å². The quantitative estimate of drug-likeness (QED) is 0.165. The van der Waals surface area contributed by atoms with Gasteiger partial charge in [0.05, 0.1) is 32.6 Å². The Kier molecular flexibility index (Phi) is 10.9. The average molecular weight is 717 g/mol. The monoisotopic (exact) mass is 716 g/mol. The minimum absolute atomic E-state index is 0.0352. The SMILES string of the molecule is COc1cc(-c2cnc(N)c(-c3ccc(-c4c(C(N)=O)c(=O)c(-c5ccc(C)cc5)cn4CC4CCOCC4)cc3)c2)ccc1OC[C@@H]1COCCO1. The first-order valence-electron chi connectivity index (χ1n) is 17.9. The van der Waals surface area contributed by atoms with E-state index in [1.54, 1.807) is 13.3 Å². The summed E-state index contributed by atoms with van der Waals surface area (Å²) in [5.74, 6) is 1.08. The lowest BCUT2D eigenvalue weighted by Crippen LogP contribution is -2.33. The van der Waals surface area contributed by atoms with E-state index < -0.39 is 11.3 Å². The van der Waals surface area contributed by atoms with E-state index in [4.69, 9.17) is 35.2 Å². The number of pyridine rings is 2. The van der Waals surface area contributed by atoms with Crippen LogP contribution in [0.1, 0.15) is 28.8 Å². The van der Waals surface area contributed by atoms with Gasteiger partial charge in [0.1, 0.15) is 24.1 Å². The normalized spacial score (nSPS) is 16.3. The van der Waals surface area contributed by atoms with Crippen molar-refractivity contribution in [1.82, 2.24) is 9.55 Å². The van der Waals surface area contributed by atoms with Crippen molar-refractivity contribution in [2.24, 2.45) is 11.7 Å². The van der Waals surface area contributed by atoms with Gasteiger partial charge in [0.2, 0.25) is 5.43 Å². The van der Waals surface area contributed by atoms with Crippen LogP contribution in [-0.4, -0.2) is 68.3 Å². The number of benzene rings is 3. The second-order valence-electron chi connectivity index (χ2n) is 13.5. The van der Waals surface area contributed by atoms with E-state index in [1.807, 2.05) is 90.5 Å². The van der Waals surface area contributed by atoms with E-state index >= 15 is 0 Å². The van der Waals surface area contributed by atoms with E-state index in [2.05, 4.69) is 4.98 Å². The Balaban J connectivity index is 1.22. The van der Waals surface area contributed by atoms with Crippen LogP contribution in [0.2, 0.25) is 0 Å². The first-order chi connectivity index (χ1) is 25.8. The van der Waals surface area contributed by atoms with Gasteiger partial charge in [-0.2, -0.15) is 0 Å². The summed E-state index contributed by atoms with van der Waals surface area (Å²) in [7, 11) is 1.60. The maximum Gasteiger partial charge on any atom is 0.254 e. The number of nitrogens with zero attached hydrogens (tertiary/aromatic N) is 2. The number of nitrogen functional groups attached to an aromatic ring is 1. The number of methoxy groups -OCH3 is 1. The summed E-state index contributed by atoms with van der Waals surface area (Å²) >= 11 is 0. The van der Waals surface area contributed by atoms with Gasteiger partial charge >= 0.3 is 0 Å². The average Bonchev–Trinajstić information content (AvgIpc) is 3.19. The summed E-state index contributed by atoms with van der Waals surface area (Å²) in [6.07, 6.45) is 5.21. The Bertz CT molecular complexity index is 2140. The lowest BCUT2D eigenvalue weighted by molar-refractivity contribution is -0.101. The standard InChI is InChI=1S/C42H44N4O7/c1-26-3-5-29(6-4-26)35-23-46(22-27-13-15-50-16-14-27)39(38(40(35)47)42(44)48)30-9-7-28(8-10-30)34-19-32(21-45-41(34)43)31-11-12-36(37(20-31)49-2)53-25-33-24-51-17-18-52-33/h3-12,19-21,23,27,33H,13-18,22,24-25H2,1-2H3,(H2,43,45)(H2,44,48)/t33-/m0/s1. The van der Waals surface area contributed by atoms with Crippen molar-refractivity contribution in [3.8, 4) is 56.1 Å². The molecule has 274 valence electrons. The third-order valence-electron chi connectivity index (χ3n) is 9.88. The second kappa shape index (κ2) is 16.0. The number of rotatable bonds is 11. The molecule has 53 heavy (non-hydrogen) atoms. The van der Waals surface area contributed by atoms with Gasteiger partial charge in [-0.1, -0.05) is 60.2 Å². The third kappa shape index (κ3) is 7.97. The number of hydrogen-bond acceptors (Lipinski definition) is 9. The largest absolute Gasteiger partial charge is 0.493 e. The molecular weight excluding hydrogens is 672 g/mol. The number of hydrogen-bond donors (Lipinski definition) is 2. The van der Waals surface area contributed by atoms with E-state index in [-0.39, 0.29) is 11.7 Å². The van der Waals surface area contributed by atoms with Gasteiger partial charge in [-0.3, -0.25) is 9.59 Å². The lowest BCUT2D eigenvalue weighted by atomic mass is 9.94. The summed E-state index contributed by atoms with van der Waals surface area (Å²) in [6.45, 7) is 5.92. The topological polar surface area (TPSA) is 150 Å². The van der Waals surface area contributed by atoms with Gasteiger partial charge in [0.25, 0.3) is 5.91 Å². The molecule has 0 spiro atoms. The zero-order chi connectivity index (χ0) is 36.9. The Morgan fingerprint density at radius 3 is 2.25 bits per heavy atom. The molecule has 0 aliphatic carbocycles. The van der Waals surface area contributed by atoms with E-state index in [9.17, 15) is 9.59 Å². The van der Waals surface area contributed by atoms with E-state index in [0.29, 0.717) is 86.2 Å². The van der Waals surface area contributed by atoms with Crippen molar-refractivity contribution >= 4 is 11.7 Å². The molecule has 11 nitrogen and oxygen atoms in total. The van der Waals surface area contributed by atoms with Gasteiger partial charge in [0, 0.05) is 48.8 Å². The minimum Gasteiger partial charge on any atom is -0.493 e. The number of carbonyl (C=O) groups excluding carboxylic acids is 1. The second-order valence-corrected chi connectivity index (χ2v) is 13.5. The van der Waals surface area contributed by atoms with Crippen molar-refractivity contribution in [1.29, 1.82) is 0 Å². The number of aryl methyl sites for hydroxylation is 1. The molecule has 0 radical (unpaired) electrons. The number of primary amides is 1. The molecule has 4 heterocycles. The summed E-state index contributed by atoms with van der Waals surface area (Å²) in [4.78, 5) is 31.7. The molecule has 11 heteroatoms. The predicted octanol–water partition coefficient (Wildman–Crippen LogP) is 6.13. The van der Waals surface area contributed by atoms with E-state index in [0.717, 1.165) is 46.2 Å². The summed E-state index contributed by atoms with van der Waals surface area (Å²) in [5.41, 5.74) is 18.7. The van der Waals surface area contributed by atoms with Crippen LogP contribution < -0.4 is 26.4 Å².